The third-order valence-electron chi connectivity index (χ3n) is 3.32. The molecule has 6 nitrogen and oxygen atoms in total. The molecule has 1 aliphatic heterocycles. The van der Waals surface area contributed by atoms with E-state index in [1.54, 1.807) is 18.2 Å². The van der Waals surface area contributed by atoms with Crippen molar-refractivity contribution in [1.82, 2.24) is 0 Å². The van der Waals surface area contributed by atoms with Crippen LogP contribution in [0.25, 0.3) is 4.85 Å². The Labute approximate surface area is 128 Å². The molecule has 110 valence electrons. The second kappa shape index (κ2) is 5.46. The number of hydrogen-bond donors (Lipinski definition) is 2. The summed E-state index contributed by atoms with van der Waals surface area (Å²) in [4.78, 5) is 3.23. The largest absolute Gasteiger partial charge is 0.491 e. The number of fused-ring (bicyclic) bond motifs is 1. The van der Waals surface area contributed by atoms with Gasteiger partial charge >= 0.3 is 7.12 Å². The van der Waals surface area contributed by atoms with Crippen molar-refractivity contribution in [3.05, 3.63) is 59.4 Å². The van der Waals surface area contributed by atoms with Crippen molar-refractivity contribution in [3.63, 3.8) is 0 Å². The topological polar surface area (TPSA) is 80.0 Å². The Morgan fingerprint density at radius 2 is 2.09 bits per heavy atom. The summed E-state index contributed by atoms with van der Waals surface area (Å²) in [7, 11) is -4.83. The van der Waals surface area contributed by atoms with Gasteiger partial charge in [-0.2, -0.15) is 0 Å². The summed E-state index contributed by atoms with van der Waals surface area (Å²) in [6, 6.07) is 10.6. The normalized spacial score (nSPS) is 13.5. The Bertz CT molecular complexity index is 877. The van der Waals surface area contributed by atoms with E-state index in [0.29, 0.717) is 17.8 Å². The molecule has 1 aliphatic rings. The number of hydrogen-bond acceptors (Lipinski definition) is 4. The van der Waals surface area contributed by atoms with Crippen molar-refractivity contribution in [2.45, 2.75) is 11.5 Å². The number of benzene rings is 2. The Balaban J connectivity index is 1.92. The maximum Gasteiger partial charge on any atom is 0.491 e. The maximum absolute atomic E-state index is 12.3. The molecule has 2 aromatic carbocycles. The second-order valence-electron chi connectivity index (χ2n) is 4.79. The first-order valence-corrected chi connectivity index (χ1v) is 7.91. The van der Waals surface area contributed by atoms with Crippen LogP contribution in [-0.2, 0) is 21.3 Å². The van der Waals surface area contributed by atoms with Crippen LogP contribution >= 0.6 is 0 Å². The van der Waals surface area contributed by atoms with Crippen LogP contribution in [0.1, 0.15) is 5.56 Å². The minimum atomic E-state index is -3.80. The summed E-state index contributed by atoms with van der Waals surface area (Å²) >= 11 is 0. The summed E-state index contributed by atoms with van der Waals surface area (Å²) < 4.78 is 32.2. The number of nitrogens with one attached hydrogen (secondary N) is 1. The highest BCUT2D eigenvalue weighted by Crippen LogP contribution is 2.21. The third-order valence-corrected chi connectivity index (χ3v) is 4.70. The maximum atomic E-state index is 12.3. The van der Waals surface area contributed by atoms with E-state index in [2.05, 4.69) is 9.57 Å². The number of anilines is 1. The predicted molar refractivity (Wildman–Crippen MR) is 82.4 cm³/mol. The smallest absolute Gasteiger partial charge is 0.423 e. The van der Waals surface area contributed by atoms with Gasteiger partial charge in [-0.15, -0.1) is 0 Å². The molecular weight excluding hydrogens is 303 g/mol. The van der Waals surface area contributed by atoms with Crippen molar-refractivity contribution >= 4 is 34.0 Å². The van der Waals surface area contributed by atoms with E-state index in [0.717, 1.165) is 5.56 Å². The van der Waals surface area contributed by atoms with E-state index in [9.17, 15) is 13.4 Å². The summed E-state index contributed by atoms with van der Waals surface area (Å²) in [6.07, 6.45) is 0. The zero-order valence-corrected chi connectivity index (χ0v) is 12.2. The molecule has 1 heterocycles. The van der Waals surface area contributed by atoms with Gasteiger partial charge in [0.25, 0.3) is 10.0 Å². The van der Waals surface area contributed by atoms with Crippen LogP contribution in [0, 0.1) is 6.57 Å². The van der Waals surface area contributed by atoms with Crippen molar-refractivity contribution in [2.24, 2.45) is 0 Å². The van der Waals surface area contributed by atoms with Gasteiger partial charge in [0.2, 0.25) is 0 Å². The van der Waals surface area contributed by atoms with Crippen LogP contribution in [0.3, 0.4) is 0 Å². The summed E-state index contributed by atoms with van der Waals surface area (Å²) in [5.74, 6) is 0. The predicted octanol–water partition coefficient (Wildman–Crippen LogP) is 1.26. The third kappa shape index (κ3) is 2.70. The number of sulfonamides is 1. The summed E-state index contributed by atoms with van der Waals surface area (Å²) in [5, 5.41) is 9.66. The molecule has 0 unspecified atom stereocenters. The zero-order chi connectivity index (χ0) is 15.7. The molecule has 0 spiro atoms. The Kier molecular flexibility index (Phi) is 3.62. The molecule has 0 saturated heterocycles. The van der Waals surface area contributed by atoms with Crippen LogP contribution in [-0.4, -0.2) is 20.6 Å². The molecule has 0 aliphatic carbocycles. The standard InChI is InChI=1S/C14H11BN2O4S/c1-16-11-3-2-4-13(7-11)22(19,20)17-12-6-5-10-9-21-15(18)14(10)8-12/h2-8,17-18H,9H2. The fourth-order valence-electron chi connectivity index (χ4n) is 2.21. The van der Waals surface area contributed by atoms with Crippen molar-refractivity contribution in [3.8, 4) is 0 Å². The van der Waals surface area contributed by atoms with Crippen LogP contribution < -0.4 is 10.2 Å². The van der Waals surface area contributed by atoms with Gasteiger partial charge in [0, 0.05) is 5.69 Å². The van der Waals surface area contributed by atoms with E-state index < -0.39 is 17.1 Å². The SMILES string of the molecule is [C-]#[N+]c1cccc(S(=O)(=O)Nc2ccc3c(c2)B(O)OC3)c1. The minimum Gasteiger partial charge on any atom is -0.423 e. The van der Waals surface area contributed by atoms with Gasteiger partial charge in [-0.1, -0.05) is 18.2 Å². The molecular formula is C14H11BN2O4S. The van der Waals surface area contributed by atoms with Gasteiger partial charge in [0.05, 0.1) is 18.1 Å². The van der Waals surface area contributed by atoms with E-state index in [4.69, 9.17) is 11.2 Å². The second-order valence-corrected chi connectivity index (χ2v) is 6.47. The molecule has 3 rings (SSSR count). The highest BCUT2D eigenvalue weighted by Gasteiger charge is 2.27. The van der Waals surface area contributed by atoms with E-state index in [1.807, 2.05) is 0 Å². The molecule has 0 fully saturated rings. The lowest BCUT2D eigenvalue weighted by atomic mass is 9.79. The first-order valence-electron chi connectivity index (χ1n) is 6.42. The quantitative estimate of drug-likeness (QED) is 0.660. The van der Waals surface area contributed by atoms with Crippen molar-refractivity contribution < 1.29 is 18.1 Å². The van der Waals surface area contributed by atoms with Gasteiger partial charge in [0.15, 0.2) is 5.69 Å². The average molecular weight is 314 g/mol. The van der Waals surface area contributed by atoms with Crippen LogP contribution in [0.15, 0.2) is 47.4 Å². The van der Waals surface area contributed by atoms with Crippen LogP contribution in [0.4, 0.5) is 11.4 Å². The molecule has 0 bridgehead atoms. The molecule has 22 heavy (non-hydrogen) atoms. The van der Waals surface area contributed by atoms with E-state index >= 15 is 0 Å². The van der Waals surface area contributed by atoms with Gasteiger partial charge in [-0.3, -0.25) is 4.72 Å². The number of rotatable bonds is 3. The van der Waals surface area contributed by atoms with Gasteiger partial charge < -0.3 is 9.68 Å². The summed E-state index contributed by atoms with van der Waals surface area (Å²) in [6.45, 7) is 7.24. The van der Waals surface area contributed by atoms with Gasteiger partial charge in [-0.05, 0) is 35.3 Å². The highest BCUT2D eigenvalue weighted by atomic mass is 32.2. The summed E-state index contributed by atoms with van der Waals surface area (Å²) in [5.41, 5.74) is 1.96. The molecule has 0 amide bonds. The monoisotopic (exact) mass is 314 g/mol. The minimum absolute atomic E-state index is 0.0123. The Morgan fingerprint density at radius 3 is 2.86 bits per heavy atom. The molecule has 2 aromatic rings. The Morgan fingerprint density at radius 1 is 1.27 bits per heavy atom. The lowest BCUT2D eigenvalue weighted by Gasteiger charge is -2.10. The van der Waals surface area contributed by atoms with Crippen LogP contribution in [0.2, 0.25) is 0 Å². The average Bonchev–Trinajstić information content (AvgIpc) is 2.88. The fraction of sp³-hybridized carbons (Fsp3) is 0.0714. The number of nitrogens with zero attached hydrogens (tertiary/aromatic N) is 1. The van der Waals surface area contributed by atoms with Crippen molar-refractivity contribution in [1.29, 1.82) is 0 Å². The highest BCUT2D eigenvalue weighted by molar-refractivity contribution is 7.92. The molecule has 0 aromatic heterocycles. The molecule has 0 atom stereocenters. The first kappa shape index (κ1) is 14.6. The van der Waals surface area contributed by atoms with Crippen molar-refractivity contribution in [2.75, 3.05) is 4.72 Å². The van der Waals surface area contributed by atoms with Gasteiger partial charge in [-0.25, -0.2) is 13.3 Å². The van der Waals surface area contributed by atoms with E-state index in [1.165, 1.54) is 24.3 Å². The lowest BCUT2D eigenvalue weighted by molar-refractivity contribution is 0.275. The molecule has 2 N–H and O–H groups in total. The zero-order valence-electron chi connectivity index (χ0n) is 11.4. The fourth-order valence-corrected chi connectivity index (χ4v) is 3.30. The van der Waals surface area contributed by atoms with E-state index in [-0.39, 0.29) is 10.6 Å². The lowest BCUT2D eigenvalue weighted by Crippen LogP contribution is -2.28. The molecule has 8 heteroatoms. The van der Waals surface area contributed by atoms with Crippen LogP contribution in [0.5, 0.6) is 0 Å². The van der Waals surface area contributed by atoms with Gasteiger partial charge in [0.1, 0.15) is 0 Å². The molecule has 0 radical (unpaired) electrons. The Hall–Kier alpha value is -2.34. The first-order chi connectivity index (χ1) is 10.5. The molecule has 0 saturated carbocycles.